The number of halogens is 5. The Morgan fingerprint density at radius 3 is 2.19 bits per heavy atom. The molecular formula is C17H13Cl2F3N2O2. The molecule has 1 aromatic heterocycles. The van der Waals surface area contributed by atoms with E-state index in [1.165, 1.54) is 30.5 Å². The number of rotatable bonds is 4. The van der Waals surface area contributed by atoms with E-state index in [-0.39, 0.29) is 33.5 Å². The second-order valence-electron chi connectivity index (χ2n) is 6.29. The molecule has 9 heteroatoms. The lowest BCUT2D eigenvalue weighted by Gasteiger charge is -2.22. The summed E-state index contributed by atoms with van der Waals surface area (Å²) in [5, 5.41) is 18.6. The number of nitrogens with zero attached hydrogens (tertiary/aromatic N) is 2. The van der Waals surface area contributed by atoms with Gasteiger partial charge in [0.15, 0.2) is 0 Å². The highest BCUT2D eigenvalue weighted by atomic mass is 35.5. The highest BCUT2D eigenvalue weighted by Crippen LogP contribution is 2.40. The average molecular weight is 405 g/mol. The van der Waals surface area contributed by atoms with Crippen molar-refractivity contribution in [3.05, 3.63) is 45.6 Å². The molecule has 0 saturated heterocycles. The van der Waals surface area contributed by atoms with Gasteiger partial charge in [0, 0.05) is 6.54 Å². The number of nitriles is 1. The van der Waals surface area contributed by atoms with Gasteiger partial charge in [0.25, 0.3) is 0 Å². The predicted octanol–water partition coefficient (Wildman–Crippen LogP) is 5.46. The molecule has 4 nitrogen and oxygen atoms in total. The van der Waals surface area contributed by atoms with Crippen molar-refractivity contribution in [2.24, 2.45) is 5.41 Å². The van der Waals surface area contributed by atoms with Crippen LogP contribution in [0.25, 0.3) is 11.3 Å². The Bertz CT molecular complexity index is 895. The number of carbonyl (C=O) groups is 1. The molecule has 2 aromatic rings. The van der Waals surface area contributed by atoms with Crippen LogP contribution in [0.3, 0.4) is 0 Å². The number of aromatic nitrogens is 1. The van der Waals surface area contributed by atoms with Gasteiger partial charge in [-0.1, -0.05) is 35.3 Å². The monoisotopic (exact) mass is 404 g/mol. The lowest BCUT2D eigenvalue weighted by atomic mass is 9.93. The Balaban J connectivity index is 2.66. The van der Waals surface area contributed by atoms with Gasteiger partial charge in [0.2, 0.25) is 0 Å². The zero-order valence-corrected chi connectivity index (χ0v) is 15.2. The first-order valence-corrected chi connectivity index (χ1v) is 8.04. The van der Waals surface area contributed by atoms with E-state index in [0.29, 0.717) is 0 Å². The van der Waals surface area contributed by atoms with Crippen LogP contribution >= 0.6 is 23.2 Å². The molecule has 0 unspecified atom stereocenters. The number of alkyl halides is 3. The second kappa shape index (κ2) is 6.86. The SMILES string of the molecule is CC(C)(Cn1c(Cl)c(Cl)c(C#N)c1-c1ccc(C(F)(F)F)cc1)C(=O)O. The van der Waals surface area contributed by atoms with E-state index >= 15 is 0 Å². The van der Waals surface area contributed by atoms with Gasteiger partial charge in [0.1, 0.15) is 11.2 Å². The minimum Gasteiger partial charge on any atom is -0.481 e. The van der Waals surface area contributed by atoms with E-state index < -0.39 is 23.1 Å². The smallest absolute Gasteiger partial charge is 0.416 e. The number of carboxylic acids is 1. The zero-order chi connectivity index (χ0) is 19.9. The van der Waals surface area contributed by atoms with Crippen molar-refractivity contribution in [3.8, 4) is 17.3 Å². The maximum absolute atomic E-state index is 12.8. The standard InChI is InChI=1S/C17H13Cl2F3N2O2/c1-16(2,15(25)26)8-24-13(11(7-23)12(18)14(24)19)9-3-5-10(6-4-9)17(20,21)22/h3-6H,8H2,1-2H3,(H,25,26). The molecule has 2 rings (SSSR count). The van der Waals surface area contributed by atoms with Gasteiger partial charge >= 0.3 is 12.1 Å². The van der Waals surface area contributed by atoms with Crippen molar-refractivity contribution in [1.29, 1.82) is 5.26 Å². The molecule has 26 heavy (non-hydrogen) atoms. The van der Waals surface area contributed by atoms with Crippen molar-refractivity contribution in [3.63, 3.8) is 0 Å². The van der Waals surface area contributed by atoms with E-state index in [1.54, 1.807) is 0 Å². The molecule has 0 fully saturated rings. The largest absolute Gasteiger partial charge is 0.481 e. The normalized spacial score (nSPS) is 12.1. The predicted molar refractivity (Wildman–Crippen MR) is 91.0 cm³/mol. The summed E-state index contributed by atoms with van der Waals surface area (Å²) < 4.78 is 39.6. The van der Waals surface area contributed by atoms with Crippen LogP contribution in [0.2, 0.25) is 10.2 Å². The Labute approximate surface area is 157 Å². The molecule has 0 aliphatic rings. The topological polar surface area (TPSA) is 66.0 Å². The zero-order valence-electron chi connectivity index (χ0n) is 13.7. The van der Waals surface area contributed by atoms with Crippen LogP contribution in [0, 0.1) is 16.7 Å². The lowest BCUT2D eigenvalue weighted by molar-refractivity contribution is -0.147. The van der Waals surface area contributed by atoms with Gasteiger partial charge in [-0.25, -0.2) is 0 Å². The van der Waals surface area contributed by atoms with Crippen LogP contribution in [-0.2, 0) is 17.5 Å². The molecule has 0 spiro atoms. The molecule has 0 aliphatic heterocycles. The van der Waals surface area contributed by atoms with Gasteiger partial charge in [-0.2, -0.15) is 18.4 Å². The van der Waals surface area contributed by atoms with Crippen LogP contribution in [0.5, 0.6) is 0 Å². The molecule has 1 aromatic carbocycles. The van der Waals surface area contributed by atoms with Crippen molar-refractivity contribution in [1.82, 2.24) is 4.57 Å². The first-order valence-electron chi connectivity index (χ1n) is 7.28. The minimum absolute atomic E-state index is 0.0300. The maximum atomic E-state index is 12.8. The summed E-state index contributed by atoms with van der Waals surface area (Å²) >= 11 is 12.2. The Morgan fingerprint density at radius 2 is 1.77 bits per heavy atom. The van der Waals surface area contributed by atoms with Crippen LogP contribution in [0.1, 0.15) is 25.0 Å². The third-order valence-corrected chi connectivity index (χ3v) is 4.73. The summed E-state index contributed by atoms with van der Waals surface area (Å²) in [6.45, 7) is 2.79. The summed E-state index contributed by atoms with van der Waals surface area (Å²) in [5.41, 5.74) is -1.69. The number of hydrogen-bond acceptors (Lipinski definition) is 2. The Morgan fingerprint density at radius 1 is 1.23 bits per heavy atom. The Kier molecular flexibility index (Phi) is 5.31. The fraction of sp³-hybridized carbons (Fsp3) is 0.294. The summed E-state index contributed by atoms with van der Waals surface area (Å²) in [4.78, 5) is 11.4. The van der Waals surface area contributed by atoms with Crippen molar-refractivity contribution >= 4 is 29.2 Å². The second-order valence-corrected chi connectivity index (χ2v) is 7.03. The molecule has 1 N–H and O–H groups in total. The number of carboxylic acid groups (broad SMARTS) is 1. The molecule has 1 heterocycles. The molecule has 138 valence electrons. The molecule has 0 aliphatic carbocycles. The molecule has 0 bridgehead atoms. The van der Waals surface area contributed by atoms with Crippen LogP contribution < -0.4 is 0 Å². The molecule has 0 saturated carbocycles. The summed E-state index contributed by atoms with van der Waals surface area (Å²) in [7, 11) is 0. The van der Waals surface area contributed by atoms with Crippen molar-refractivity contribution < 1.29 is 23.1 Å². The average Bonchev–Trinajstić information content (AvgIpc) is 2.78. The van der Waals surface area contributed by atoms with Crippen LogP contribution in [0.4, 0.5) is 13.2 Å². The van der Waals surface area contributed by atoms with Gasteiger partial charge in [-0.15, -0.1) is 0 Å². The van der Waals surface area contributed by atoms with Gasteiger partial charge in [-0.3, -0.25) is 4.79 Å². The molecule has 0 radical (unpaired) electrons. The molecule has 0 atom stereocenters. The van der Waals surface area contributed by atoms with E-state index in [4.69, 9.17) is 23.2 Å². The number of aliphatic carboxylic acids is 1. The van der Waals surface area contributed by atoms with E-state index in [1.807, 2.05) is 6.07 Å². The number of hydrogen-bond donors (Lipinski definition) is 1. The van der Waals surface area contributed by atoms with Crippen molar-refractivity contribution in [2.75, 3.05) is 0 Å². The minimum atomic E-state index is -4.50. The molecule has 0 amide bonds. The lowest BCUT2D eigenvalue weighted by Crippen LogP contribution is -2.29. The third kappa shape index (κ3) is 3.67. The van der Waals surface area contributed by atoms with Crippen molar-refractivity contribution in [2.45, 2.75) is 26.6 Å². The quantitative estimate of drug-likeness (QED) is 0.734. The van der Waals surface area contributed by atoms with Crippen LogP contribution in [-0.4, -0.2) is 15.6 Å². The summed E-state index contributed by atoms with van der Waals surface area (Å²) in [5.74, 6) is -1.10. The van der Waals surface area contributed by atoms with Gasteiger partial charge in [0.05, 0.1) is 27.3 Å². The van der Waals surface area contributed by atoms with Gasteiger partial charge in [-0.05, 0) is 31.5 Å². The third-order valence-electron chi connectivity index (χ3n) is 3.87. The van der Waals surface area contributed by atoms with Crippen LogP contribution in [0.15, 0.2) is 24.3 Å². The molecular weight excluding hydrogens is 392 g/mol. The number of benzene rings is 1. The first-order chi connectivity index (χ1) is 11.9. The Hall–Kier alpha value is -2.17. The van der Waals surface area contributed by atoms with E-state index in [0.717, 1.165) is 12.1 Å². The first kappa shape index (κ1) is 20.1. The maximum Gasteiger partial charge on any atom is 0.416 e. The van der Waals surface area contributed by atoms with E-state index in [2.05, 4.69) is 0 Å². The summed E-state index contributed by atoms with van der Waals surface area (Å²) in [6.07, 6.45) is -4.50. The highest BCUT2D eigenvalue weighted by Gasteiger charge is 2.33. The fourth-order valence-electron chi connectivity index (χ4n) is 2.39. The summed E-state index contributed by atoms with van der Waals surface area (Å²) in [6, 6.07) is 6.00. The fourth-order valence-corrected chi connectivity index (χ4v) is 2.86. The highest BCUT2D eigenvalue weighted by molar-refractivity contribution is 6.42. The van der Waals surface area contributed by atoms with E-state index in [9.17, 15) is 28.3 Å². The van der Waals surface area contributed by atoms with Gasteiger partial charge < -0.3 is 9.67 Å².